The van der Waals surface area contributed by atoms with E-state index in [1.165, 1.54) is 0 Å². The Morgan fingerprint density at radius 3 is 2.32 bits per heavy atom. The maximum Gasteiger partial charge on any atom is 0.395 e. The fraction of sp³-hybridized carbons (Fsp3) is 0.538. The molecule has 6 heteroatoms. The molecule has 1 aliphatic heterocycles. The van der Waals surface area contributed by atoms with Crippen LogP contribution in [0.4, 0.5) is 0 Å². The number of nitrogens with zero attached hydrogens (tertiary/aromatic N) is 2. The largest absolute Gasteiger partial charge is 0.422 e. The molecule has 0 bridgehead atoms. The molecule has 1 aromatic carbocycles. The lowest BCUT2D eigenvalue weighted by Crippen LogP contribution is -2.38. The first-order valence-corrected chi connectivity index (χ1v) is 7.93. The van der Waals surface area contributed by atoms with Gasteiger partial charge in [0.15, 0.2) is 0 Å². The standard InChI is InChI=1S/C13H21N2O3P/c1-12-4-6-13(7-5-12)18-19(16,14(2)3)15-8-10-17-11-9-15/h4-7H,8-11H2,1-3H3. The van der Waals surface area contributed by atoms with Gasteiger partial charge in [0.2, 0.25) is 0 Å². The van der Waals surface area contributed by atoms with Crippen LogP contribution in [0.5, 0.6) is 5.75 Å². The molecule has 0 N–H and O–H groups in total. The fourth-order valence-electron chi connectivity index (χ4n) is 1.94. The molecule has 0 amide bonds. The molecule has 1 fully saturated rings. The van der Waals surface area contributed by atoms with E-state index in [1.807, 2.05) is 35.9 Å². The summed E-state index contributed by atoms with van der Waals surface area (Å²) >= 11 is 0. The Morgan fingerprint density at radius 1 is 1.21 bits per heavy atom. The normalized spacial score (nSPS) is 20.2. The topological polar surface area (TPSA) is 42.0 Å². The number of aryl methyl sites for hydroxylation is 1. The quantitative estimate of drug-likeness (QED) is 0.794. The molecule has 0 aromatic heterocycles. The van der Waals surface area contributed by atoms with Crippen LogP contribution in [0.1, 0.15) is 5.56 Å². The Bertz CT molecular complexity index is 455. The van der Waals surface area contributed by atoms with Crippen molar-refractivity contribution in [3.63, 3.8) is 0 Å². The summed E-state index contributed by atoms with van der Waals surface area (Å²) in [4.78, 5) is 0. The molecule has 1 atom stereocenters. The van der Waals surface area contributed by atoms with Crippen LogP contribution in [0.25, 0.3) is 0 Å². The van der Waals surface area contributed by atoms with Gasteiger partial charge in [-0.25, -0.2) is 13.9 Å². The summed E-state index contributed by atoms with van der Waals surface area (Å²) in [6, 6.07) is 7.61. The first-order valence-electron chi connectivity index (χ1n) is 6.39. The highest BCUT2D eigenvalue weighted by Crippen LogP contribution is 2.52. The summed E-state index contributed by atoms with van der Waals surface area (Å²) in [5.41, 5.74) is 1.15. The van der Waals surface area contributed by atoms with Crippen molar-refractivity contribution in [2.75, 3.05) is 40.4 Å². The maximum absolute atomic E-state index is 13.1. The van der Waals surface area contributed by atoms with E-state index < -0.39 is 7.67 Å². The molecule has 0 radical (unpaired) electrons. The van der Waals surface area contributed by atoms with Crippen LogP contribution in [-0.2, 0) is 9.30 Å². The zero-order valence-corrected chi connectivity index (χ0v) is 12.6. The second kappa shape index (κ2) is 6.06. The molecule has 19 heavy (non-hydrogen) atoms. The number of hydrogen-bond donors (Lipinski definition) is 0. The van der Waals surface area contributed by atoms with Crippen LogP contribution in [0.15, 0.2) is 24.3 Å². The van der Waals surface area contributed by atoms with Crippen LogP contribution in [-0.4, -0.2) is 49.7 Å². The molecule has 1 saturated heterocycles. The van der Waals surface area contributed by atoms with Crippen molar-refractivity contribution in [1.82, 2.24) is 9.34 Å². The zero-order valence-electron chi connectivity index (χ0n) is 11.7. The van der Waals surface area contributed by atoms with Crippen LogP contribution < -0.4 is 4.52 Å². The smallest absolute Gasteiger partial charge is 0.395 e. The molecule has 0 spiro atoms. The van der Waals surface area contributed by atoms with E-state index >= 15 is 0 Å². The molecule has 5 nitrogen and oxygen atoms in total. The first-order chi connectivity index (χ1) is 9.02. The van der Waals surface area contributed by atoms with Gasteiger partial charge in [-0.05, 0) is 33.2 Å². The summed E-state index contributed by atoms with van der Waals surface area (Å²) in [6.07, 6.45) is 0. The molecular formula is C13H21N2O3P. The van der Waals surface area contributed by atoms with E-state index in [4.69, 9.17) is 9.26 Å². The third kappa shape index (κ3) is 3.37. The Labute approximate surface area is 114 Å². The van der Waals surface area contributed by atoms with Gasteiger partial charge >= 0.3 is 7.67 Å². The highest BCUT2D eigenvalue weighted by atomic mass is 31.2. The van der Waals surface area contributed by atoms with Gasteiger partial charge < -0.3 is 9.26 Å². The molecular weight excluding hydrogens is 263 g/mol. The van der Waals surface area contributed by atoms with Crippen molar-refractivity contribution in [2.45, 2.75) is 6.92 Å². The zero-order chi connectivity index (χ0) is 13.9. The van der Waals surface area contributed by atoms with E-state index in [1.54, 1.807) is 18.8 Å². The SMILES string of the molecule is Cc1ccc(OP(=O)(N(C)C)N2CCOCC2)cc1. The Morgan fingerprint density at radius 2 is 1.79 bits per heavy atom. The minimum atomic E-state index is -3.02. The molecule has 1 unspecified atom stereocenters. The lowest BCUT2D eigenvalue weighted by Gasteiger charge is -2.36. The minimum absolute atomic E-state index is 0.592. The highest BCUT2D eigenvalue weighted by Gasteiger charge is 2.37. The second-order valence-electron chi connectivity index (χ2n) is 4.81. The second-order valence-corrected chi connectivity index (χ2v) is 7.34. The Kier molecular flexibility index (Phi) is 4.63. The molecule has 2 rings (SSSR count). The summed E-state index contributed by atoms with van der Waals surface area (Å²) in [6.45, 7) is 4.45. The summed E-state index contributed by atoms with van der Waals surface area (Å²) in [5.74, 6) is 0.633. The van der Waals surface area contributed by atoms with Crippen molar-refractivity contribution in [1.29, 1.82) is 0 Å². The summed E-state index contributed by atoms with van der Waals surface area (Å²) in [5, 5.41) is 0. The molecule has 1 aliphatic rings. The Balaban J connectivity index is 2.19. The van der Waals surface area contributed by atoms with Gasteiger partial charge in [-0.15, -0.1) is 0 Å². The van der Waals surface area contributed by atoms with Gasteiger partial charge in [0.1, 0.15) is 5.75 Å². The average Bonchev–Trinajstić information content (AvgIpc) is 2.42. The minimum Gasteiger partial charge on any atom is -0.422 e. The lowest BCUT2D eigenvalue weighted by molar-refractivity contribution is 0.0648. The average molecular weight is 284 g/mol. The molecule has 0 aliphatic carbocycles. The van der Waals surface area contributed by atoms with Crippen molar-refractivity contribution >= 4 is 7.67 Å². The van der Waals surface area contributed by atoms with Crippen molar-refractivity contribution in [3.8, 4) is 5.75 Å². The molecule has 1 aromatic rings. The van der Waals surface area contributed by atoms with Crippen LogP contribution in [0.2, 0.25) is 0 Å². The lowest BCUT2D eigenvalue weighted by atomic mass is 10.2. The van der Waals surface area contributed by atoms with Crippen molar-refractivity contribution < 1.29 is 13.8 Å². The van der Waals surface area contributed by atoms with E-state index in [0.717, 1.165) is 5.56 Å². The fourth-order valence-corrected chi connectivity index (χ4v) is 3.79. The van der Waals surface area contributed by atoms with E-state index in [9.17, 15) is 4.57 Å². The van der Waals surface area contributed by atoms with Gasteiger partial charge in [0, 0.05) is 13.1 Å². The third-order valence-corrected chi connectivity index (χ3v) is 5.67. The monoisotopic (exact) mass is 284 g/mol. The number of hydrogen-bond acceptors (Lipinski definition) is 3. The van der Waals surface area contributed by atoms with Crippen LogP contribution >= 0.6 is 7.67 Å². The first kappa shape index (κ1) is 14.5. The van der Waals surface area contributed by atoms with E-state index in [-0.39, 0.29) is 0 Å². The number of rotatable bonds is 4. The third-order valence-electron chi connectivity index (χ3n) is 3.10. The summed E-state index contributed by atoms with van der Waals surface area (Å²) in [7, 11) is 0.547. The van der Waals surface area contributed by atoms with Crippen molar-refractivity contribution in [3.05, 3.63) is 29.8 Å². The number of benzene rings is 1. The van der Waals surface area contributed by atoms with Crippen LogP contribution in [0.3, 0.4) is 0 Å². The van der Waals surface area contributed by atoms with Crippen LogP contribution in [0, 0.1) is 6.92 Å². The van der Waals surface area contributed by atoms with E-state index in [0.29, 0.717) is 32.1 Å². The summed E-state index contributed by atoms with van der Waals surface area (Å²) < 4.78 is 27.7. The number of ether oxygens (including phenoxy) is 1. The molecule has 1 heterocycles. The van der Waals surface area contributed by atoms with Gasteiger partial charge in [0.05, 0.1) is 13.2 Å². The molecule has 106 valence electrons. The molecule has 0 saturated carbocycles. The van der Waals surface area contributed by atoms with E-state index in [2.05, 4.69) is 0 Å². The van der Waals surface area contributed by atoms with Crippen molar-refractivity contribution in [2.24, 2.45) is 0 Å². The predicted octanol–water partition coefficient (Wildman–Crippen LogP) is 2.38. The van der Waals surface area contributed by atoms with Gasteiger partial charge in [-0.1, -0.05) is 17.7 Å². The van der Waals surface area contributed by atoms with Gasteiger partial charge in [0.25, 0.3) is 0 Å². The predicted molar refractivity (Wildman–Crippen MR) is 75.5 cm³/mol. The van der Waals surface area contributed by atoms with Gasteiger partial charge in [-0.2, -0.15) is 0 Å². The maximum atomic E-state index is 13.1. The highest BCUT2D eigenvalue weighted by molar-refractivity contribution is 7.54. The van der Waals surface area contributed by atoms with Gasteiger partial charge in [-0.3, -0.25) is 0 Å². The number of morpholine rings is 1. The Hall–Kier alpha value is -0.870.